The van der Waals surface area contributed by atoms with E-state index in [1.54, 1.807) is 14.0 Å². The minimum absolute atomic E-state index is 0.0236. The van der Waals surface area contributed by atoms with Crippen molar-refractivity contribution in [3.05, 3.63) is 29.3 Å². The van der Waals surface area contributed by atoms with E-state index < -0.39 is 11.6 Å². The fraction of sp³-hybridized carbons (Fsp3) is 0.667. The monoisotopic (exact) mass is 397 g/mol. The second-order valence-corrected chi connectivity index (χ2v) is 9.53. The number of methoxy groups -OCH3 is 1. The summed E-state index contributed by atoms with van der Waals surface area (Å²) in [6.45, 7) is 5.42. The number of nitrogens with zero attached hydrogens (tertiary/aromatic N) is 1. The van der Waals surface area contributed by atoms with Gasteiger partial charge in [0, 0.05) is 12.8 Å². The molecule has 5 nitrogen and oxygen atoms in total. The molecule has 0 heterocycles. The first-order valence-electron chi connectivity index (χ1n) is 10.8. The molecule has 0 spiro atoms. The normalized spacial score (nSPS) is 34.7. The smallest absolute Gasteiger partial charge is 0.339 e. The largest absolute Gasteiger partial charge is 0.497 e. The van der Waals surface area contributed by atoms with Gasteiger partial charge in [0.05, 0.1) is 7.11 Å². The Balaban J connectivity index is 1.60. The van der Waals surface area contributed by atoms with Crippen LogP contribution in [0.5, 0.6) is 5.75 Å². The van der Waals surface area contributed by atoms with Crippen molar-refractivity contribution in [2.75, 3.05) is 7.11 Å². The van der Waals surface area contributed by atoms with Crippen LogP contribution in [0, 0.1) is 34.5 Å². The molecule has 1 aromatic rings. The Labute approximate surface area is 173 Å². The molecule has 2 saturated carbocycles. The van der Waals surface area contributed by atoms with Gasteiger partial charge in [-0.1, -0.05) is 13.0 Å². The SMILES string of the molecule is COc1ccc2c(c1)CCC1C2CCC2(C)C1CCC2C(C)(C#N)OOC(C)=O. The van der Waals surface area contributed by atoms with Gasteiger partial charge in [-0.15, -0.1) is 0 Å². The Morgan fingerprint density at radius 1 is 1.28 bits per heavy atom. The number of hydrogen-bond donors (Lipinski definition) is 0. The molecule has 0 saturated heterocycles. The molecule has 2 fully saturated rings. The highest BCUT2D eigenvalue weighted by Crippen LogP contribution is 2.65. The molecule has 0 aliphatic heterocycles. The molecule has 1 aromatic carbocycles. The van der Waals surface area contributed by atoms with E-state index in [0.29, 0.717) is 17.8 Å². The summed E-state index contributed by atoms with van der Waals surface area (Å²) in [5.74, 6) is 2.27. The summed E-state index contributed by atoms with van der Waals surface area (Å²) >= 11 is 0. The van der Waals surface area contributed by atoms with Gasteiger partial charge in [-0.2, -0.15) is 10.1 Å². The minimum Gasteiger partial charge on any atom is -0.497 e. The number of benzene rings is 1. The summed E-state index contributed by atoms with van der Waals surface area (Å²) in [6, 6.07) is 8.88. The van der Waals surface area contributed by atoms with E-state index >= 15 is 0 Å². The van der Waals surface area contributed by atoms with Crippen LogP contribution in [-0.4, -0.2) is 18.7 Å². The van der Waals surface area contributed by atoms with Crippen LogP contribution in [0.1, 0.15) is 69.9 Å². The first-order chi connectivity index (χ1) is 13.8. The molecule has 156 valence electrons. The van der Waals surface area contributed by atoms with Gasteiger partial charge in [-0.25, -0.2) is 4.79 Å². The summed E-state index contributed by atoms with van der Waals surface area (Å²) in [5, 5.41) is 9.90. The predicted molar refractivity (Wildman–Crippen MR) is 108 cm³/mol. The standard InChI is InChI=1S/C24H31NO4/c1-15(26)28-29-24(3,14-25)22-10-9-21-20-7-5-16-13-17(27-4)6-8-18(16)19(20)11-12-23(21,22)2/h6,8,13,19-22H,5,7,9-12H2,1-4H3. The summed E-state index contributed by atoms with van der Waals surface area (Å²) < 4.78 is 5.42. The second-order valence-electron chi connectivity index (χ2n) is 9.53. The molecular weight excluding hydrogens is 366 g/mol. The van der Waals surface area contributed by atoms with Gasteiger partial charge >= 0.3 is 5.97 Å². The average Bonchev–Trinajstić information content (AvgIpc) is 3.09. The highest BCUT2D eigenvalue weighted by Gasteiger charge is 2.60. The van der Waals surface area contributed by atoms with E-state index in [9.17, 15) is 10.1 Å². The molecular formula is C24H31NO4. The molecule has 4 rings (SSSR count). The molecule has 0 amide bonds. The number of nitriles is 1. The second kappa shape index (κ2) is 7.32. The molecule has 0 bridgehead atoms. The fourth-order valence-electron chi connectivity index (χ4n) is 6.89. The Bertz CT molecular complexity index is 846. The van der Waals surface area contributed by atoms with E-state index in [1.807, 2.05) is 0 Å². The minimum atomic E-state index is -1.11. The van der Waals surface area contributed by atoms with Gasteiger partial charge < -0.3 is 4.74 Å². The summed E-state index contributed by atoms with van der Waals surface area (Å²) in [6.07, 6.45) is 6.51. The predicted octanol–water partition coefficient (Wildman–Crippen LogP) is 4.94. The van der Waals surface area contributed by atoms with Crippen LogP contribution in [-0.2, 0) is 21.0 Å². The Morgan fingerprint density at radius 2 is 2.07 bits per heavy atom. The Hall–Kier alpha value is -2.06. The summed E-state index contributed by atoms with van der Waals surface area (Å²) in [4.78, 5) is 21.5. The maximum atomic E-state index is 11.3. The molecule has 3 aliphatic carbocycles. The van der Waals surface area contributed by atoms with E-state index in [0.717, 1.165) is 37.9 Å². The van der Waals surface area contributed by atoms with Crippen molar-refractivity contribution in [1.29, 1.82) is 5.26 Å². The first-order valence-corrected chi connectivity index (χ1v) is 10.8. The van der Waals surface area contributed by atoms with Crippen LogP contribution in [0.4, 0.5) is 0 Å². The average molecular weight is 398 g/mol. The molecule has 0 N–H and O–H groups in total. The quantitative estimate of drug-likeness (QED) is 0.531. The highest BCUT2D eigenvalue weighted by atomic mass is 17.2. The zero-order valence-corrected chi connectivity index (χ0v) is 17.9. The molecule has 0 aromatic heterocycles. The molecule has 0 radical (unpaired) electrons. The zero-order chi connectivity index (χ0) is 20.8. The first kappa shape index (κ1) is 20.2. The van der Waals surface area contributed by atoms with Gasteiger partial charge in [0.15, 0.2) is 0 Å². The van der Waals surface area contributed by atoms with Gasteiger partial charge in [0.25, 0.3) is 0 Å². The number of carbonyl (C=O) groups is 1. The van der Waals surface area contributed by atoms with Crippen molar-refractivity contribution in [3.8, 4) is 11.8 Å². The van der Waals surface area contributed by atoms with Crippen molar-refractivity contribution in [3.63, 3.8) is 0 Å². The number of aryl methyl sites for hydroxylation is 1. The molecule has 6 atom stereocenters. The molecule has 3 aliphatic rings. The number of fused-ring (bicyclic) bond motifs is 5. The Kier molecular flexibility index (Phi) is 5.11. The summed E-state index contributed by atoms with van der Waals surface area (Å²) in [7, 11) is 1.72. The van der Waals surface area contributed by atoms with Crippen molar-refractivity contribution < 1.29 is 19.3 Å². The van der Waals surface area contributed by atoms with Crippen molar-refractivity contribution in [2.24, 2.45) is 23.2 Å². The fourth-order valence-corrected chi connectivity index (χ4v) is 6.89. The van der Waals surface area contributed by atoms with E-state index in [1.165, 1.54) is 24.5 Å². The number of rotatable bonds is 4. The summed E-state index contributed by atoms with van der Waals surface area (Å²) in [5.41, 5.74) is 1.84. The number of ether oxygens (including phenoxy) is 1. The molecule has 6 unspecified atom stereocenters. The van der Waals surface area contributed by atoms with Crippen LogP contribution in [0.25, 0.3) is 0 Å². The topological polar surface area (TPSA) is 68.6 Å². The van der Waals surface area contributed by atoms with Gasteiger partial charge in [0.1, 0.15) is 11.8 Å². The highest BCUT2D eigenvalue weighted by molar-refractivity contribution is 5.65. The number of carbonyl (C=O) groups excluding carboxylic acids is 1. The third kappa shape index (κ3) is 3.22. The third-order valence-corrected chi connectivity index (χ3v) is 8.15. The maximum Gasteiger partial charge on any atom is 0.339 e. The van der Waals surface area contributed by atoms with Crippen LogP contribution >= 0.6 is 0 Å². The van der Waals surface area contributed by atoms with Crippen molar-refractivity contribution in [2.45, 2.75) is 70.8 Å². The molecule has 5 heteroatoms. The van der Waals surface area contributed by atoms with E-state index in [4.69, 9.17) is 14.5 Å². The lowest BCUT2D eigenvalue weighted by Crippen LogP contribution is -2.49. The lowest BCUT2D eigenvalue weighted by molar-refractivity contribution is -0.330. The van der Waals surface area contributed by atoms with Gasteiger partial charge in [-0.05, 0) is 91.9 Å². The van der Waals surface area contributed by atoms with Crippen molar-refractivity contribution >= 4 is 5.97 Å². The molecule has 29 heavy (non-hydrogen) atoms. The van der Waals surface area contributed by atoms with E-state index in [-0.39, 0.29) is 11.3 Å². The zero-order valence-electron chi connectivity index (χ0n) is 17.9. The third-order valence-electron chi connectivity index (χ3n) is 8.15. The number of hydrogen-bond acceptors (Lipinski definition) is 5. The van der Waals surface area contributed by atoms with Crippen LogP contribution in [0.15, 0.2) is 18.2 Å². The van der Waals surface area contributed by atoms with Crippen LogP contribution in [0.3, 0.4) is 0 Å². The van der Waals surface area contributed by atoms with Gasteiger partial charge in [0.2, 0.25) is 5.60 Å². The maximum absolute atomic E-state index is 11.3. The Morgan fingerprint density at radius 3 is 2.76 bits per heavy atom. The van der Waals surface area contributed by atoms with Crippen molar-refractivity contribution in [1.82, 2.24) is 0 Å². The van der Waals surface area contributed by atoms with E-state index in [2.05, 4.69) is 31.2 Å². The van der Waals surface area contributed by atoms with Crippen LogP contribution in [0.2, 0.25) is 0 Å². The lowest BCUT2D eigenvalue weighted by Gasteiger charge is -2.52. The lowest BCUT2D eigenvalue weighted by atomic mass is 9.53. The van der Waals surface area contributed by atoms with Crippen LogP contribution < -0.4 is 4.74 Å². The van der Waals surface area contributed by atoms with Gasteiger partial charge in [-0.3, -0.25) is 4.89 Å².